The van der Waals surface area contributed by atoms with Crippen molar-refractivity contribution in [1.82, 2.24) is 20.4 Å². The summed E-state index contributed by atoms with van der Waals surface area (Å²) in [5, 5.41) is 15.4. The van der Waals surface area contributed by atoms with Crippen LogP contribution >= 0.6 is 0 Å². The van der Waals surface area contributed by atoms with Crippen LogP contribution in [0.3, 0.4) is 0 Å². The predicted molar refractivity (Wildman–Crippen MR) is 124 cm³/mol. The molecule has 2 aromatic carbocycles. The number of rotatable bonds is 6. The minimum Gasteiger partial charge on any atom is -0.496 e. The summed E-state index contributed by atoms with van der Waals surface area (Å²) in [6.07, 6.45) is 4.12. The molecule has 1 saturated carbocycles. The van der Waals surface area contributed by atoms with Crippen molar-refractivity contribution in [1.29, 1.82) is 0 Å². The Morgan fingerprint density at radius 3 is 2.75 bits per heavy atom. The summed E-state index contributed by atoms with van der Waals surface area (Å²) in [4.78, 5) is 2.35. The Morgan fingerprint density at radius 2 is 2.03 bits per heavy atom. The highest BCUT2D eigenvalue weighted by Crippen LogP contribution is 2.48. The maximum absolute atomic E-state index is 15.1. The van der Waals surface area contributed by atoms with Gasteiger partial charge in [0, 0.05) is 48.4 Å². The molecule has 1 aliphatic carbocycles. The number of aromatic nitrogens is 2. The van der Waals surface area contributed by atoms with Gasteiger partial charge in [0.25, 0.3) is 0 Å². The van der Waals surface area contributed by atoms with E-state index in [1.54, 1.807) is 7.11 Å². The van der Waals surface area contributed by atoms with E-state index >= 15 is 4.39 Å². The second kappa shape index (κ2) is 7.46. The van der Waals surface area contributed by atoms with E-state index in [2.05, 4.69) is 63.0 Å². The number of nitrogens with zero attached hydrogens (tertiary/aromatic N) is 2. The van der Waals surface area contributed by atoms with Crippen LogP contribution in [0.25, 0.3) is 10.9 Å². The number of halogens is 1. The second-order valence-electron chi connectivity index (χ2n) is 9.70. The van der Waals surface area contributed by atoms with Gasteiger partial charge < -0.3 is 15.4 Å². The van der Waals surface area contributed by atoms with Gasteiger partial charge in [-0.15, -0.1) is 0 Å². The normalized spacial score (nSPS) is 24.7. The van der Waals surface area contributed by atoms with Crippen LogP contribution in [0.4, 0.5) is 10.1 Å². The minimum absolute atomic E-state index is 0.0596. The lowest BCUT2D eigenvalue weighted by Gasteiger charge is -2.43. The molecule has 0 spiro atoms. The Hall–Kier alpha value is -2.64. The standard InChI is InChI=1S/C25H30FN5O/c1-15-9-20-18(5-6-22-21(20)13-28-30-22)24(31(15)14-25(26)7-8-25)19-4-3-16(10-23(19)32-2)29-17-11-27-12-17/h3-6,10,13,15,17,24,27,29H,7-9,11-12,14H2,1-2H3,(H,28,30)/t15-,24+/m1/s1. The lowest BCUT2D eigenvalue weighted by atomic mass is 9.83. The number of nitrogens with one attached hydrogen (secondary N) is 3. The van der Waals surface area contributed by atoms with Crippen molar-refractivity contribution in [2.45, 2.75) is 50.0 Å². The van der Waals surface area contributed by atoms with Crippen molar-refractivity contribution in [2.24, 2.45) is 0 Å². The van der Waals surface area contributed by atoms with Crippen molar-refractivity contribution >= 4 is 16.6 Å². The molecule has 3 aliphatic rings. The van der Waals surface area contributed by atoms with Gasteiger partial charge in [-0.2, -0.15) is 5.10 Å². The molecule has 3 N–H and O–H groups in total. The van der Waals surface area contributed by atoms with Gasteiger partial charge in [-0.25, -0.2) is 4.39 Å². The Morgan fingerprint density at radius 1 is 1.22 bits per heavy atom. The van der Waals surface area contributed by atoms with Gasteiger partial charge in [-0.1, -0.05) is 12.1 Å². The third-order valence-electron chi connectivity index (χ3n) is 7.40. The molecule has 2 aliphatic heterocycles. The molecule has 0 bridgehead atoms. The molecule has 2 atom stereocenters. The van der Waals surface area contributed by atoms with E-state index in [0.29, 0.717) is 25.4 Å². The third kappa shape index (κ3) is 3.35. The van der Waals surface area contributed by atoms with Crippen LogP contribution in [0.15, 0.2) is 36.5 Å². The fourth-order valence-electron chi connectivity index (χ4n) is 5.29. The lowest BCUT2D eigenvalue weighted by Crippen LogP contribution is -2.51. The van der Waals surface area contributed by atoms with Gasteiger partial charge in [-0.3, -0.25) is 10.00 Å². The molecule has 6 rings (SSSR count). The lowest BCUT2D eigenvalue weighted by molar-refractivity contribution is 0.0974. The van der Waals surface area contributed by atoms with Gasteiger partial charge >= 0.3 is 0 Å². The minimum atomic E-state index is -1.06. The van der Waals surface area contributed by atoms with Gasteiger partial charge in [0.2, 0.25) is 0 Å². The quantitative estimate of drug-likeness (QED) is 0.550. The number of hydrogen-bond donors (Lipinski definition) is 3. The topological polar surface area (TPSA) is 65.2 Å². The fourth-order valence-corrected chi connectivity index (χ4v) is 5.29. The van der Waals surface area contributed by atoms with Crippen LogP contribution in [0.5, 0.6) is 5.75 Å². The number of anilines is 1. The van der Waals surface area contributed by atoms with E-state index in [4.69, 9.17) is 4.74 Å². The van der Waals surface area contributed by atoms with Crippen LogP contribution < -0.4 is 15.4 Å². The van der Waals surface area contributed by atoms with E-state index in [-0.39, 0.29) is 12.1 Å². The number of benzene rings is 2. The zero-order valence-electron chi connectivity index (χ0n) is 18.6. The molecule has 1 aromatic heterocycles. The summed E-state index contributed by atoms with van der Waals surface area (Å²) in [6.45, 7) is 4.63. The summed E-state index contributed by atoms with van der Waals surface area (Å²) in [5.74, 6) is 0.841. The first-order chi connectivity index (χ1) is 15.5. The van der Waals surface area contributed by atoms with E-state index in [0.717, 1.165) is 47.4 Å². The van der Waals surface area contributed by atoms with Crippen molar-refractivity contribution < 1.29 is 9.13 Å². The van der Waals surface area contributed by atoms with Crippen LogP contribution in [-0.2, 0) is 6.42 Å². The van der Waals surface area contributed by atoms with Crippen LogP contribution in [0, 0.1) is 0 Å². The third-order valence-corrected chi connectivity index (χ3v) is 7.40. The van der Waals surface area contributed by atoms with Crippen LogP contribution in [0.1, 0.15) is 42.5 Å². The smallest absolute Gasteiger partial charge is 0.126 e. The number of methoxy groups -OCH3 is 1. The Labute approximate surface area is 187 Å². The molecule has 0 radical (unpaired) electrons. The van der Waals surface area contributed by atoms with Crippen LogP contribution in [0.2, 0.25) is 0 Å². The number of H-pyrrole nitrogens is 1. The van der Waals surface area contributed by atoms with Crippen molar-refractivity contribution in [2.75, 3.05) is 32.1 Å². The number of hydrogen-bond acceptors (Lipinski definition) is 5. The average Bonchev–Trinajstić information content (AvgIpc) is 3.29. The number of ether oxygens (including phenoxy) is 1. The van der Waals surface area contributed by atoms with Crippen molar-refractivity contribution in [3.05, 3.63) is 53.2 Å². The summed E-state index contributed by atoms with van der Waals surface area (Å²) in [5.41, 5.74) is 4.66. The van der Waals surface area contributed by atoms with E-state index < -0.39 is 5.67 Å². The first-order valence-corrected chi connectivity index (χ1v) is 11.6. The largest absolute Gasteiger partial charge is 0.496 e. The second-order valence-corrected chi connectivity index (χ2v) is 9.70. The molecule has 7 heteroatoms. The molecule has 32 heavy (non-hydrogen) atoms. The Balaban J connectivity index is 1.46. The fraction of sp³-hybridized carbons (Fsp3) is 0.480. The summed E-state index contributed by atoms with van der Waals surface area (Å²) < 4.78 is 21.0. The molecule has 6 nitrogen and oxygen atoms in total. The molecule has 2 fully saturated rings. The summed E-state index contributed by atoms with van der Waals surface area (Å²) in [6, 6.07) is 11.3. The SMILES string of the molecule is COc1cc(NC2CNC2)ccc1[C@@H]1c2ccc3[nH]ncc3c2C[C@@H](C)N1CC1(F)CC1. The number of fused-ring (bicyclic) bond motifs is 3. The highest BCUT2D eigenvalue weighted by atomic mass is 19.1. The van der Waals surface area contributed by atoms with Crippen molar-refractivity contribution in [3.8, 4) is 5.75 Å². The molecular formula is C25H30FN5O. The first-order valence-electron chi connectivity index (χ1n) is 11.6. The monoisotopic (exact) mass is 435 g/mol. The molecule has 3 aromatic rings. The van der Waals surface area contributed by atoms with Crippen molar-refractivity contribution in [3.63, 3.8) is 0 Å². The molecule has 0 amide bonds. The van der Waals surface area contributed by atoms with Crippen LogP contribution in [-0.4, -0.2) is 59.6 Å². The molecular weight excluding hydrogens is 405 g/mol. The van der Waals surface area contributed by atoms with Gasteiger partial charge in [0.05, 0.1) is 30.9 Å². The molecule has 168 valence electrons. The zero-order valence-corrected chi connectivity index (χ0v) is 18.6. The summed E-state index contributed by atoms with van der Waals surface area (Å²) in [7, 11) is 1.72. The van der Waals surface area contributed by atoms with Gasteiger partial charge in [0.1, 0.15) is 11.4 Å². The van der Waals surface area contributed by atoms with Gasteiger partial charge in [0.15, 0.2) is 0 Å². The van der Waals surface area contributed by atoms with E-state index in [1.165, 1.54) is 11.1 Å². The Kier molecular flexibility index (Phi) is 4.66. The summed E-state index contributed by atoms with van der Waals surface area (Å²) >= 11 is 0. The average molecular weight is 436 g/mol. The maximum atomic E-state index is 15.1. The first kappa shape index (κ1) is 20.0. The number of alkyl halides is 1. The van der Waals surface area contributed by atoms with Gasteiger partial charge in [-0.05, 0) is 49.4 Å². The van der Waals surface area contributed by atoms with E-state index in [9.17, 15) is 0 Å². The highest BCUT2D eigenvalue weighted by Gasteiger charge is 2.48. The Bertz CT molecular complexity index is 1150. The molecule has 3 heterocycles. The predicted octanol–water partition coefficient (Wildman–Crippen LogP) is 3.79. The maximum Gasteiger partial charge on any atom is 0.126 e. The molecule has 1 saturated heterocycles. The number of aromatic amines is 1. The highest BCUT2D eigenvalue weighted by molar-refractivity contribution is 5.83. The zero-order chi connectivity index (χ0) is 21.9. The van der Waals surface area contributed by atoms with E-state index in [1.807, 2.05) is 6.20 Å². The molecule has 0 unspecified atom stereocenters.